The zero-order valence-electron chi connectivity index (χ0n) is 7.87. The lowest BCUT2D eigenvalue weighted by molar-refractivity contribution is 0.509. The van der Waals surface area contributed by atoms with Crippen molar-refractivity contribution in [2.45, 2.75) is 27.3 Å². The normalized spacial score (nSPS) is 10.7. The molecule has 66 valence electrons. The number of pyridine rings is 1. The number of rotatable bonds is 2. The molecule has 12 heavy (non-hydrogen) atoms. The SMILES string of the molecule is Cc1cccn(CC(C)C)c1=O. The van der Waals surface area contributed by atoms with E-state index < -0.39 is 0 Å². The maximum absolute atomic E-state index is 11.5. The van der Waals surface area contributed by atoms with E-state index >= 15 is 0 Å². The fourth-order valence-electron chi connectivity index (χ4n) is 1.19. The Bertz CT molecular complexity index is 312. The second kappa shape index (κ2) is 3.57. The van der Waals surface area contributed by atoms with E-state index in [1.807, 2.05) is 25.3 Å². The highest BCUT2D eigenvalue weighted by Crippen LogP contribution is 1.96. The molecule has 0 aliphatic rings. The Balaban J connectivity index is 3.01. The van der Waals surface area contributed by atoms with Gasteiger partial charge in [0.05, 0.1) is 0 Å². The number of hydrogen-bond donors (Lipinski definition) is 0. The van der Waals surface area contributed by atoms with E-state index in [1.54, 1.807) is 4.57 Å². The van der Waals surface area contributed by atoms with Gasteiger partial charge in [0.25, 0.3) is 5.56 Å². The first-order valence-corrected chi connectivity index (χ1v) is 4.27. The minimum absolute atomic E-state index is 0.131. The Hall–Kier alpha value is -1.05. The van der Waals surface area contributed by atoms with E-state index in [0.29, 0.717) is 5.92 Å². The van der Waals surface area contributed by atoms with Gasteiger partial charge in [-0.3, -0.25) is 4.79 Å². The predicted octanol–water partition coefficient (Wildman–Crippen LogP) is 1.81. The summed E-state index contributed by atoms with van der Waals surface area (Å²) in [6.07, 6.45) is 1.84. The average molecular weight is 165 g/mol. The van der Waals surface area contributed by atoms with Gasteiger partial charge in [-0.2, -0.15) is 0 Å². The summed E-state index contributed by atoms with van der Waals surface area (Å²) in [5, 5.41) is 0. The van der Waals surface area contributed by atoms with E-state index in [1.165, 1.54) is 0 Å². The van der Waals surface area contributed by atoms with Gasteiger partial charge in [0.1, 0.15) is 0 Å². The summed E-state index contributed by atoms with van der Waals surface area (Å²) in [5.74, 6) is 0.518. The smallest absolute Gasteiger partial charge is 0.253 e. The minimum atomic E-state index is 0.131. The molecular formula is C10H15NO. The van der Waals surface area contributed by atoms with Crippen LogP contribution in [-0.2, 0) is 6.54 Å². The van der Waals surface area contributed by atoms with Crippen LogP contribution in [0.3, 0.4) is 0 Å². The second-order valence-corrected chi connectivity index (χ2v) is 3.54. The molecule has 0 spiro atoms. The highest BCUT2D eigenvalue weighted by atomic mass is 16.1. The summed E-state index contributed by atoms with van der Waals surface area (Å²) >= 11 is 0. The Morgan fingerprint density at radius 3 is 2.75 bits per heavy atom. The van der Waals surface area contributed by atoms with Crippen molar-refractivity contribution in [1.29, 1.82) is 0 Å². The van der Waals surface area contributed by atoms with Crippen molar-refractivity contribution in [2.75, 3.05) is 0 Å². The summed E-state index contributed by atoms with van der Waals surface area (Å²) in [5.41, 5.74) is 0.948. The molecule has 0 atom stereocenters. The van der Waals surface area contributed by atoms with E-state index in [9.17, 15) is 4.79 Å². The molecule has 1 heterocycles. The second-order valence-electron chi connectivity index (χ2n) is 3.54. The van der Waals surface area contributed by atoms with Crippen LogP contribution in [0.2, 0.25) is 0 Å². The van der Waals surface area contributed by atoms with E-state index in [2.05, 4.69) is 13.8 Å². The van der Waals surface area contributed by atoms with Crippen molar-refractivity contribution in [3.8, 4) is 0 Å². The molecular weight excluding hydrogens is 150 g/mol. The zero-order valence-corrected chi connectivity index (χ0v) is 7.87. The van der Waals surface area contributed by atoms with Crippen LogP contribution < -0.4 is 5.56 Å². The first-order chi connectivity index (χ1) is 5.61. The molecule has 2 nitrogen and oxygen atoms in total. The lowest BCUT2D eigenvalue weighted by atomic mass is 10.2. The molecule has 0 bridgehead atoms. The van der Waals surface area contributed by atoms with Gasteiger partial charge in [-0.05, 0) is 18.9 Å². The Morgan fingerprint density at radius 1 is 1.50 bits per heavy atom. The number of hydrogen-bond acceptors (Lipinski definition) is 1. The van der Waals surface area contributed by atoms with Crippen molar-refractivity contribution in [3.05, 3.63) is 34.2 Å². The first-order valence-electron chi connectivity index (χ1n) is 4.27. The standard InChI is InChI=1S/C10H15NO/c1-8(2)7-11-6-4-5-9(3)10(11)12/h4-6,8H,7H2,1-3H3. The van der Waals surface area contributed by atoms with E-state index in [4.69, 9.17) is 0 Å². The van der Waals surface area contributed by atoms with Gasteiger partial charge < -0.3 is 4.57 Å². The van der Waals surface area contributed by atoms with Gasteiger partial charge in [-0.15, -0.1) is 0 Å². The van der Waals surface area contributed by atoms with Crippen LogP contribution in [0.4, 0.5) is 0 Å². The Kier molecular flexibility index (Phi) is 2.69. The molecule has 0 saturated heterocycles. The average Bonchev–Trinajstić information content (AvgIpc) is 1.98. The molecule has 0 aliphatic heterocycles. The highest BCUT2D eigenvalue weighted by Gasteiger charge is 1.99. The van der Waals surface area contributed by atoms with Gasteiger partial charge >= 0.3 is 0 Å². The summed E-state index contributed by atoms with van der Waals surface area (Å²) in [6, 6.07) is 3.76. The molecule has 0 fully saturated rings. The number of aromatic nitrogens is 1. The first kappa shape index (κ1) is 9.04. The summed E-state index contributed by atoms with van der Waals surface area (Å²) < 4.78 is 1.76. The predicted molar refractivity (Wildman–Crippen MR) is 50.3 cm³/mol. The fraction of sp³-hybridized carbons (Fsp3) is 0.500. The Morgan fingerprint density at radius 2 is 2.17 bits per heavy atom. The van der Waals surface area contributed by atoms with Crippen molar-refractivity contribution in [3.63, 3.8) is 0 Å². The molecule has 0 aliphatic carbocycles. The highest BCUT2D eigenvalue weighted by molar-refractivity contribution is 5.07. The van der Waals surface area contributed by atoms with Crippen LogP contribution in [0.15, 0.2) is 23.1 Å². The van der Waals surface area contributed by atoms with Crippen LogP contribution in [-0.4, -0.2) is 4.57 Å². The van der Waals surface area contributed by atoms with Crippen molar-refractivity contribution >= 4 is 0 Å². The van der Waals surface area contributed by atoms with Crippen molar-refractivity contribution in [2.24, 2.45) is 5.92 Å². The molecule has 2 heteroatoms. The third-order valence-electron chi connectivity index (χ3n) is 1.77. The molecule has 1 aromatic heterocycles. The van der Waals surface area contributed by atoms with Crippen molar-refractivity contribution in [1.82, 2.24) is 4.57 Å². The van der Waals surface area contributed by atoms with Crippen LogP contribution in [0.25, 0.3) is 0 Å². The lowest BCUT2D eigenvalue weighted by Gasteiger charge is -2.08. The van der Waals surface area contributed by atoms with Gasteiger partial charge in [-0.25, -0.2) is 0 Å². The Labute approximate surface area is 72.8 Å². The van der Waals surface area contributed by atoms with Crippen LogP contribution in [0, 0.1) is 12.8 Å². The lowest BCUT2D eigenvalue weighted by Crippen LogP contribution is -2.23. The monoisotopic (exact) mass is 165 g/mol. The molecule has 1 aromatic rings. The molecule has 0 amide bonds. The minimum Gasteiger partial charge on any atom is -0.315 e. The van der Waals surface area contributed by atoms with Gasteiger partial charge in [0, 0.05) is 18.3 Å². The molecule has 0 N–H and O–H groups in total. The topological polar surface area (TPSA) is 22.0 Å². The maximum atomic E-state index is 11.5. The molecule has 1 rings (SSSR count). The number of nitrogens with zero attached hydrogens (tertiary/aromatic N) is 1. The number of aryl methyl sites for hydroxylation is 1. The van der Waals surface area contributed by atoms with E-state index in [-0.39, 0.29) is 5.56 Å². The van der Waals surface area contributed by atoms with Crippen molar-refractivity contribution < 1.29 is 0 Å². The van der Waals surface area contributed by atoms with Crippen LogP contribution >= 0.6 is 0 Å². The fourth-order valence-corrected chi connectivity index (χ4v) is 1.19. The van der Waals surface area contributed by atoms with Crippen LogP contribution in [0.1, 0.15) is 19.4 Å². The quantitative estimate of drug-likeness (QED) is 0.655. The van der Waals surface area contributed by atoms with Crippen LogP contribution in [0.5, 0.6) is 0 Å². The van der Waals surface area contributed by atoms with E-state index in [0.717, 1.165) is 12.1 Å². The summed E-state index contributed by atoms with van der Waals surface area (Å²) in [7, 11) is 0. The van der Waals surface area contributed by atoms with Gasteiger partial charge in [0.2, 0.25) is 0 Å². The van der Waals surface area contributed by atoms with Gasteiger partial charge in [-0.1, -0.05) is 19.9 Å². The third kappa shape index (κ3) is 1.97. The summed E-state index contributed by atoms with van der Waals surface area (Å²) in [6.45, 7) is 6.86. The molecule has 0 radical (unpaired) electrons. The molecule has 0 unspecified atom stereocenters. The zero-order chi connectivity index (χ0) is 9.14. The molecule has 0 aromatic carbocycles. The maximum Gasteiger partial charge on any atom is 0.253 e. The summed E-state index contributed by atoms with van der Waals surface area (Å²) in [4.78, 5) is 11.5. The third-order valence-corrected chi connectivity index (χ3v) is 1.77. The van der Waals surface area contributed by atoms with Gasteiger partial charge in [0.15, 0.2) is 0 Å². The molecule has 0 saturated carbocycles. The largest absolute Gasteiger partial charge is 0.315 e.